The van der Waals surface area contributed by atoms with Crippen molar-refractivity contribution in [2.75, 3.05) is 6.26 Å². The van der Waals surface area contributed by atoms with Gasteiger partial charge in [0.25, 0.3) is 0 Å². The van der Waals surface area contributed by atoms with Gasteiger partial charge in [0, 0.05) is 9.78 Å². The third-order valence-corrected chi connectivity index (χ3v) is 4.09. The smallest absolute Gasteiger partial charge is 0.0284 e. The molecule has 0 amide bonds. The summed E-state index contributed by atoms with van der Waals surface area (Å²) in [4.78, 5) is 2.65. The van der Waals surface area contributed by atoms with Crippen molar-refractivity contribution in [2.24, 2.45) is 0 Å². The number of hydrogen-bond donors (Lipinski definition) is 0. The molecule has 2 aromatic rings. The Morgan fingerprint density at radius 1 is 1.25 bits per heavy atom. The molecule has 82 valence electrons. The van der Waals surface area contributed by atoms with Crippen molar-refractivity contribution >= 4 is 34.1 Å². The number of thioether (sulfide) groups is 1. The summed E-state index contributed by atoms with van der Waals surface area (Å²) in [6.45, 7) is 2.13. The lowest BCUT2D eigenvalue weighted by molar-refractivity contribution is 1.55. The molecule has 0 aliphatic carbocycles. The van der Waals surface area contributed by atoms with Gasteiger partial charge in [0.05, 0.1) is 0 Å². The summed E-state index contributed by atoms with van der Waals surface area (Å²) in [5.74, 6) is 0. The standard InChI is InChI=1S/C14H14S2/c1-11-8-13(16-10-11)9-14(15-2)12-6-4-3-5-7-12/h3-10H,1-2H3. The third kappa shape index (κ3) is 2.77. The molecule has 1 aromatic carbocycles. The quantitative estimate of drug-likeness (QED) is 0.741. The molecule has 0 fully saturated rings. The van der Waals surface area contributed by atoms with E-state index < -0.39 is 0 Å². The molecule has 1 aromatic heterocycles. The van der Waals surface area contributed by atoms with Gasteiger partial charge in [-0.05, 0) is 41.8 Å². The molecule has 0 aliphatic rings. The molecule has 0 atom stereocenters. The SMILES string of the molecule is CSC(=Cc1cc(C)cs1)c1ccccc1. The average molecular weight is 246 g/mol. The van der Waals surface area contributed by atoms with Crippen LogP contribution in [0.5, 0.6) is 0 Å². The lowest BCUT2D eigenvalue weighted by Crippen LogP contribution is -1.77. The zero-order chi connectivity index (χ0) is 11.4. The van der Waals surface area contributed by atoms with E-state index in [4.69, 9.17) is 0 Å². The Kier molecular flexibility index (Phi) is 3.86. The highest BCUT2D eigenvalue weighted by Gasteiger charge is 2.00. The molecule has 0 bridgehead atoms. The van der Waals surface area contributed by atoms with Crippen molar-refractivity contribution in [2.45, 2.75) is 6.92 Å². The van der Waals surface area contributed by atoms with Crippen LogP contribution in [-0.2, 0) is 0 Å². The van der Waals surface area contributed by atoms with Gasteiger partial charge in [0.2, 0.25) is 0 Å². The molecule has 0 radical (unpaired) electrons. The lowest BCUT2D eigenvalue weighted by Gasteiger charge is -2.03. The lowest BCUT2D eigenvalue weighted by atomic mass is 10.2. The topological polar surface area (TPSA) is 0 Å². The van der Waals surface area contributed by atoms with Crippen LogP contribution in [0, 0.1) is 6.92 Å². The minimum Gasteiger partial charge on any atom is -0.144 e. The second-order valence-electron chi connectivity index (χ2n) is 3.61. The Morgan fingerprint density at radius 2 is 2.00 bits per heavy atom. The van der Waals surface area contributed by atoms with Crippen LogP contribution in [0.3, 0.4) is 0 Å². The normalized spacial score (nSPS) is 11.8. The second kappa shape index (κ2) is 5.37. The summed E-state index contributed by atoms with van der Waals surface area (Å²) in [5, 5.41) is 2.19. The first-order valence-electron chi connectivity index (χ1n) is 5.16. The van der Waals surface area contributed by atoms with E-state index in [-0.39, 0.29) is 0 Å². The summed E-state index contributed by atoms with van der Waals surface area (Å²) >= 11 is 3.59. The summed E-state index contributed by atoms with van der Waals surface area (Å²) in [6, 6.07) is 12.8. The number of aryl methyl sites for hydroxylation is 1. The maximum absolute atomic E-state index is 2.26. The number of benzene rings is 1. The van der Waals surface area contributed by atoms with Gasteiger partial charge in [-0.25, -0.2) is 0 Å². The van der Waals surface area contributed by atoms with Gasteiger partial charge in [-0.1, -0.05) is 30.3 Å². The van der Waals surface area contributed by atoms with Gasteiger partial charge in [-0.15, -0.1) is 23.1 Å². The molecule has 0 nitrogen and oxygen atoms in total. The Labute approximate surface area is 105 Å². The van der Waals surface area contributed by atoms with E-state index in [0.29, 0.717) is 0 Å². The molecule has 16 heavy (non-hydrogen) atoms. The van der Waals surface area contributed by atoms with Crippen LogP contribution in [0.15, 0.2) is 41.8 Å². The monoisotopic (exact) mass is 246 g/mol. The molecule has 0 saturated heterocycles. The summed E-state index contributed by atoms with van der Waals surface area (Å²) in [7, 11) is 0. The zero-order valence-electron chi connectivity index (χ0n) is 9.44. The van der Waals surface area contributed by atoms with E-state index in [0.717, 1.165) is 0 Å². The molecule has 1 heterocycles. The van der Waals surface area contributed by atoms with E-state index in [2.05, 4.69) is 61.0 Å². The number of rotatable bonds is 3. The molecular weight excluding hydrogens is 232 g/mol. The summed E-state index contributed by atoms with van der Waals surface area (Å²) in [6.07, 6.45) is 4.39. The van der Waals surface area contributed by atoms with Crippen molar-refractivity contribution in [3.8, 4) is 0 Å². The molecule has 0 N–H and O–H groups in total. The van der Waals surface area contributed by atoms with Crippen LogP contribution >= 0.6 is 23.1 Å². The molecule has 0 aliphatic heterocycles. The van der Waals surface area contributed by atoms with Gasteiger partial charge in [0.1, 0.15) is 0 Å². The predicted octanol–water partition coefficient (Wildman–Crippen LogP) is 4.92. The first-order chi connectivity index (χ1) is 7.79. The van der Waals surface area contributed by atoms with Crippen LogP contribution in [0.4, 0.5) is 0 Å². The molecule has 2 rings (SSSR count). The van der Waals surface area contributed by atoms with Crippen LogP contribution in [0.2, 0.25) is 0 Å². The van der Waals surface area contributed by atoms with Gasteiger partial charge < -0.3 is 0 Å². The van der Waals surface area contributed by atoms with Crippen molar-refractivity contribution in [1.29, 1.82) is 0 Å². The Bertz CT molecular complexity index is 480. The average Bonchev–Trinajstić information content (AvgIpc) is 2.73. The Morgan fingerprint density at radius 3 is 2.56 bits per heavy atom. The molecule has 2 heteroatoms. The van der Waals surface area contributed by atoms with E-state index in [1.807, 2.05) is 0 Å². The van der Waals surface area contributed by atoms with Crippen LogP contribution in [-0.4, -0.2) is 6.26 Å². The van der Waals surface area contributed by atoms with Crippen molar-refractivity contribution in [3.05, 3.63) is 57.8 Å². The maximum Gasteiger partial charge on any atom is 0.0284 e. The summed E-state index contributed by atoms with van der Waals surface area (Å²) < 4.78 is 0. The molecule has 0 unspecified atom stereocenters. The fraction of sp³-hybridized carbons (Fsp3) is 0.143. The Balaban J connectivity index is 2.33. The zero-order valence-corrected chi connectivity index (χ0v) is 11.1. The Hall–Kier alpha value is -0.990. The fourth-order valence-electron chi connectivity index (χ4n) is 1.52. The van der Waals surface area contributed by atoms with Crippen molar-refractivity contribution in [3.63, 3.8) is 0 Å². The van der Waals surface area contributed by atoms with E-state index in [1.54, 1.807) is 23.1 Å². The summed E-state index contributed by atoms with van der Waals surface area (Å²) in [5.41, 5.74) is 2.63. The van der Waals surface area contributed by atoms with Crippen molar-refractivity contribution < 1.29 is 0 Å². The minimum atomic E-state index is 1.29. The number of thiophene rings is 1. The highest BCUT2D eigenvalue weighted by Crippen LogP contribution is 2.29. The highest BCUT2D eigenvalue weighted by molar-refractivity contribution is 8.07. The molecular formula is C14H14S2. The van der Waals surface area contributed by atoms with Gasteiger partial charge >= 0.3 is 0 Å². The van der Waals surface area contributed by atoms with Gasteiger partial charge in [-0.3, -0.25) is 0 Å². The van der Waals surface area contributed by atoms with Crippen molar-refractivity contribution in [1.82, 2.24) is 0 Å². The van der Waals surface area contributed by atoms with Crippen LogP contribution in [0.25, 0.3) is 11.0 Å². The highest BCUT2D eigenvalue weighted by atomic mass is 32.2. The van der Waals surface area contributed by atoms with Crippen LogP contribution < -0.4 is 0 Å². The van der Waals surface area contributed by atoms with E-state index >= 15 is 0 Å². The van der Waals surface area contributed by atoms with E-state index in [9.17, 15) is 0 Å². The van der Waals surface area contributed by atoms with Crippen LogP contribution in [0.1, 0.15) is 16.0 Å². The molecule has 0 spiro atoms. The first-order valence-corrected chi connectivity index (χ1v) is 7.26. The second-order valence-corrected chi connectivity index (χ2v) is 5.40. The largest absolute Gasteiger partial charge is 0.144 e. The van der Waals surface area contributed by atoms with Gasteiger partial charge in [0.15, 0.2) is 0 Å². The predicted molar refractivity (Wildman–Crippen MR) is 76.9 cm³/mol. The molecule has 0 saturated carbocycles. The first kappa shape index (κ1) is 11.5. The number of hydrogen-bond acceptors (Lipinski definition) is 2. The fourth-order valence-corrected chi connectivity index (χ4v) is 3.04. The minimum absolute atomic E-state index is 1.29. The maximum atomic E-state index is 2.26. The van der Waals surface area contributed by atoms with Gasteiger partial charge in [-0.2, -0.15) is 0 Å². The third-order valence-electron chi connectivity index (χ3n) is 2.30. The van der Waals surface area contributed by atoms with E-state index in [1.165, 1.54) is 20.9 Å².